The molecule has 0 radical (unpaired) electrons. The molecule has 0 atom stereocenters. The standard InChI is InChI=1S/C18H13Cl3N2O3S2/c19-11-1-4-13(5-2-11)28(25,26)8-7-17(24)23-18-22-16(10-27-18)14-9-12(20)3-6-15(14)21/h1-6,9-10H,7-8H2,(H,22,23,24). The van der Waals surface area contributed by atoms with Crippen molar-refractivity contribution in [2.45, 2.75) is 11.3 Å². The van der Waals surface area contributed by atoms with Gasteiger partial charge in [0, 0.05) is 27.4 Å². The van der Waals surface area contributed by atoms with Crippen molar-refractivity contribution in [3.63, 3.8) is 0 Å². The van der Waals surface area contributed by atoms with Crippen LogP contribution in [0.4, 0.5) is 5.13 Å². The molecule has 0 aliphatic carbocycles. The van der Waals surface area contributed by atoms with E-state index in [9.17, 15) is 13.2 Å². The molecule has 0 spiro atoms. The van der Waals surface area contributed by atoms with Crippen molar-refractivity contribution in [1.29, 1.82) is 0 Å². The molecule has 1 aromatic heterocycles. The maximum atomic E-state index is 12.3. The molecule has 28 heavy (non-hydrogen) atoms. The summed E-state index contributed by atoms with van der Waals surface area (Å²) in [4.78, 5) is 16.6. The van der Waals surface area contributed by atoms with Gasteiger partial charge < -0.3 is 5.32 Å². The van der Waals surface area contributed by atoms with E-state index in [2.05, 4.69) is 10.3 Å². The second-order valence-corrected chi connectivity index (χ2v) is 9.98. The molecule has 0 saturated heterocycles. The highest BCUT2D eigenvalue weighted by Crippen LogP contribution is 2.32. The molecule has 0 aliphatic heterocycles. The zero-order valence-electron chi connectivity index (χ0n) is 14.2. The summed E-state index contributed by atoms with van der Waals surface area (Å²) < 4.78 is 24.6. The lowest BCUT2D eigenvalue weighted by atomic mass is 10.2. The molecule has 10 heteroatoms. The first-order valence-corrected chi connectivity index (χ1v) is 11.6. The van der Waals surface area contributed by atoms with Crippen LogP contribution in [0.2, 0.25) is 15.1 Å². The summed E-state index contributed by atoms with van der Waals surface area (Å²) in [6.07, 6.45) is -0.197. The molecule has 3 rings (SSSR count). The maximum absolute atomic E-state index is 12.3. The van der Waals surface area contributed by atoms with E-state index in [1.165, 1.54) is 35.6 Å². The van der Waals surface area contributed by atoms with Crippen LogP contribution in [-0.4, -0.2) is 25.1 Å². The Kier molecular flexibility index (Phi) is 6.62. The van der Waals surface area contributed by atoms with Gasteiger partial charge in [-0.1, -0.05) is 34.8 Å². The molecule has 1 amide bonds. The van der Waals surface area contributed by atoms with E-state index < -0.39 is 15.7 Å². The largest absolute Gasteiger partial charge is 0.302 e. The highest BCUT2D eigenvalue weighted by Gasteiger charge is 2.17. The second-order valence-electron chi connectivity index (χ2n) is 5.73. The summed E-state index contributed by atoms with van der Waals surface area (Å²) >= 11 is 19.1. The van der Waals surface area contributed by atoms with Gasteiger partial charge in [0.05, 0.1) is 21.4 Å². The summed E-state index contributed by atoms with van der Waals surface area (Å²) in [5, 5.41) is 6.13. The number of halogens is 3. The molecule has 1 heterocycles. The number of hydrogen-bond donors (Lipinski definition) is 1. The number of rotatable bonds is 6. The van der Waals surface area contributed by atoms with Crippen LogP contribution in [-0.2, 0) is 14.6 Å². The lowest BCUT2D eigenvalue weighted by molar-refractivity contribution is -0.115. The summed E-state index contributed by atoms with van der Waals surface area (Å²) in [6.45, 7) is 0. The van der Waals surface area contributed by atoms with Crippen molar-refractivity contribution in [1.82, 2.24) is 4.98 Å². The first-order chi connectivity index (χ1) is 13.2. The summed E-state index contributed by atoms with van der Waals surface area (Å²) in [6, 6.07) is 10.8. The summed E-state index contributed by atoms with van der Waals surface area (Å²) in [5.74, 6) is -0.769. The first kappa shape index (κ1) is 21.1. The summed E-state index contributed by atoms with van der Waals surface area (Å²) in [5.41, 5.74) is 1.22. The van der Waals surface area contributed by atoms with Crippen LogP contribution in [0.5, 0.6) is 0 Å². The molecule has 0 bridgehead atoms. The number of sulfone groups is 1. The minimum absolute atomic E-state index is 0.122. The molecule has 1 N–H and O–H groups in total. The zero-order chi connectivity index (χ0) is 20.3. The Balaban J connectivity index is 1.63. The Morgan fingerprint density at radius 2 is 1.71 bits per heavy atom. The van der Waals surface area contributed by atoms with Crippen molar-refractivity contribution >= 4 is 67.0 Å². The number of anilines is 1. The predicted molar refractivity (Wildman–Crippen MR) is 114 cm³/mol. The highest BCUT2D eigenvalue weighted by molar-refractivity contribution is 7.91. The van der Waals surface area contributed by atoms with Crippen LogP contribution in [0.1, 0.15) is 6.42 Å². The molecule has 0 saturated carbocycles. The lowest BCUT2D eigenvalue weighted by Gasteiger charge is -2.05. The van der Waals surface area contributed by atoms with Crippen LogP contribution in [0.25, 0.3) is 11.3 Å². The van der Waals surface area contributed by atoms with Gasteiger partial charge >= 0.3 is 0 Å². The van der Waals surface area contributed by atoms with E-state index in [4.69, 9.17) is 34.8 Å². The van der Waals surface area contributed by atoms with Crippen molar-refractivity contribution in [2.75, 3.05) is 11.1 Å². The van der Waals surface area contributed by atoms with Gasteiger partial charge in [0.2, 0.25) is 5.91 Å². The van der Waals surface area contributed by atoms with Crippen molar-refractivity contribution < 1.29 is 13.2 Å². The van der Waals surface area contributed by atoms with E-state index >= 15 is 0 Å². The van der Waals surface area contributed by atoms with Gasteiger partial charge in [-0.25, -0.2) is 13.4 Å². The number of amides is 1. The Bertz CT molecular complexity index is 1110. The van der Waals surface area contributed by atoms with Gasteiger partial charge in [-0.2, -0.15) is 0 Å². The Morgan fingerprint density at radius 3 is 2.43 bits per heavy atom. The molecule has 3 aromatic rings. The average Bonchev–Trinajstić information content (AvgIpc) is 3.11. The molecule has 0 fully saturated rings. The molecular weight excluding hydrogens is 463 g/mol. The molecule has 0 aliphatic rings. The fraction of sp³-hybridized carbons (Fsp3) is 0.111. The van der Waals surface area contributed by atoms with Crippen molar-refractivity contribution in [2.24, 2.45) is 0 Å². The zero-order valence-corrected chi connectivity index (χ0v) is 18.1. The smallest absolute Gasteiger partial charge is 0.227 e. The SMILES string of the molecule is O=C(CCS(=O)(=O)c1ccc(Cl)cc1)Nc1nc(-c2cc(Cl)ccc2Cl)cs1. The third kappa shape index (κ3) is 5.24. The van der Waals surface area contributed by atoms with E-state index in [1.54, 1.807) is 23.6 Å². The summed E-state index contributed by atoms with van der Waals surface area (Å²) in [7, 11) is -3.58. The van der Waals surface area contributed by atoms with Crippen molar-refractivity contribution in [3.05, 3.63) is 62.9 Å². The number of aromatic nitrogens is 1. The number of nitrogens with zero attached hydrogens (tertiary/aromatic N) is 1. The normalized spacial score (nSPS) is 11.4. The molecular formula is C18H13Cl3N2O3S2. The monoisotopic (exact) mass is 474 g/mol. The minimum atomic E-state index is -3.58. The Morgan fingerprint density at radius 1 is 1.04 bits per heavy atom. The second kappa shape index (κ2) is 8.80. The Labute approximate surface area is 181 Å². The Hall–Kier alpha value is -1.64. The molecule has 0 unspecified atom stereocenters. The van der Waals surface area contributed by atoms with Gasteiger partial charge in [-0.15, -0.1) is 11.3 Å². The number of hydrogen-bond acceptors (Lipinski definition) is 5. The van der Waals surface area contributed by atoms with Crippen LogP contribution in [0.15, 0.2) is 52.7 Å². The number of nitrogens with one attached hydrogen (secondary N) is 1. The van der Waals surface area contributed by atoms with Gasteiger partial charge in [-0.3, -0.25) is 4.79 Å². The van der Waals surface area contributed by atoms with Crippen LogP contribution in [0, 0.1) is 0 Å². The minimum Gasteiger partial charge on any atom is -0.302 e. The van der Waals surface area contributed by atoms with Crippen LogP contribution < -0.4 is 5.32 Å². The lowest BCUT2D eigenvalue weighted by Crippen LogP contribution is -2.17. The van der Waals surface area contributed by atoms with E-state index in [0.717, 1.165) is 0 Å². The van der Waals surface area contributed by atoms with Crippen LogP contribution in [0.3, 0.4) is 0 Å². The van der Waals surface area contributed by atoms with Crippen molar-refractivity contribution in [3.8, 4) is 11.3 Å². The van der Waals surface area contributed by atoms with Crippen LogP contribution >= 0.6 is 46.1 Å². The highest BCUT2D eigenvalue weighted by atomic mass is 35.5. The average molecular weight is 476 g/mol. The van der Waals surface area contributed by atoms with Gasteiger partial charge in [0.25, 0.3) is 0 Å². The number of benzene rings is 2. The number of thiazole rings is 1. The van der Waals surface area contributed by atoms with E-state index in [1.807, 2.05) is 0 Å². The fourth-order valence-electron chi connectivity index (χ4n) is 2.32. The first-order valence-electron chi connectivity index (χ1n) is 7.94. The third-order valence-electron chi connectivity index (χ3n) is 3.73. The fourth-order valence-corrected chi connectivity index (χ4v) is 4.80. The maximum Gasteiger partial charge on any atom is 0.227 e. The van der Waals surface area contributed by atoms with Gasteiger partial charge in [-0.05, 0) is 42.5 Å². The number of carbonyl (C=O) groups excluding carboxylic acids is 1. The van der Waals surface area contributed by atoms with Gasteiger partial charge in [0.15, 0.2) is 15.0 Å². The quantitative estimate of drug-likeness (QED) is 0.505. The number of carbonyl (C=O) groups is 1. The molecule has 2 aromatic carbocycles. The predicted octanol–water partition coefficient (Wildman–Crippen LogP) is 5.57. The topological polar surface area (TPSA) is 76.1 Å². The van der Waals surface area contributed by atoms with E-state index in [0.29, 0.717) is 31.5 Å². The molecule has 5 nitrogen and oxygen atoms in total. The third-order valence-corrected chi connectivity index (χ3v) is 7.03. The van der Waals surface area contributed by atoms with Gasteiger partial charge in [0.1, 0.15) is 0 Å². The molecule has 146 valence electrons. The van der Waals surface area contributed by atoms with E-state index in [-0.39, 0.29) is 17.1 Å².